The van der Waals surface area contributed by atoms with Gasteiger partial charge in [-0.15, -0.1) is 12.4 Å². The molecule has 1 nitrogen and oxygen atoms in total. The van der Waals surface area contributed by atoms with E-state index in [1.165, 1.54) is 25.7 Å². The summed E-state index contributed by atoms with van der Waals surface area (Å²) < 4.78 is 0. The monoisotopic (exact) mass is 193 g/mol. The van der Waals surface area contributed by atoms with Crippen LogP contribution in [0.2, 0.25) is 0 Å². The second-order valence-corrected chi connectivity index (χ2v) is 4.61. The topological polar surface area (TPSA) is 12.0 Å². The Bertz CT molecular complexity index is 119. The van der Waals surface area contributed by atoms with Crippen molar-refractivity contribution in [2.24, 2.45) is 0 Å². The first-order valence-electron chi connectivity index (χ1n) is 4.17. The number of hydrogen-bond acceptors (Lipinski definition) is 2. The molecule has 11 heavy (non-hydrogen) atoms. The van der Waals surface area contributed by atoms with E-state index in [2.05, 4.69) is 23.3 Å². The van der Waals surface area contributed by atoms with Crippen LogP contribution in [0.25, 0.3) is 0 Å². The minimum absolute atomic E-state index is 0. The summed E-state index contributed by atoms with van der Waals surface area (Å²) in [4.78, 5) is 0. The van der Waals surface area contributed by atoms with Crippen molar-refractivity contribution in [1.29, 1.82) is 0 Å². The minimum atomic E-state index is 0. The molecule has 1 N–H and O–H groups in total. The molecule has 0 aromatic rings. The highest BCUT2D eigenvalue weighted by molar-refractivity contribution is 7.99. The minimum Gasteiger partial charge on any atom is -0.311 e. The molecule has 0 aliphatic carbocycles. The molecule has 2 rings (SSSR count). The average molecular weight is 194 g/mol. The predicted molar refractivity (Wildman–Crippen MR) is 53.7 cm³/mol. The molecule has 2 fully saturated rings. The van der Waals surface area contributed by atoms with Crippen molar-refractivity contribution in [1.82, 2.24) is 5.32 Å². The van der Waals surface area contributed by atoms with Crippen LogP contribution >= 0.6 is 24.2 Å². The smallest absolute Gasteiger partial charge is 0.00807 e. The lowest BCUT2D eigenvalue weighted by atomic mass is 10.1. The van der Waals surface area contributed by atoms with E-state index in [1.807, 2.05) is 0 Å². The molecule has 2 atom stereocenters. The third-order valence-electron chi connectivity index (χ3n) is 2.76. The van der Waals surface area contributed by atoms with E-state index in [0.717, 1.165) is 17.3 Å². The molecular weight excluding hydrogens is 178 g/mol. The molecule has 0 aromatic carbocycles. The van der Waals surface area contributed by atoms with Gasteiger partial charge in [0.05, 0.1) is 0 Å². The van der Waals surface area contributed by atoms with Crippen LogP contribution in [-0.2, 0) is 0 Å². The fraction of sp³-hybridized carbons (Fsp3) is 1.00. The summed E-state index contributed by atoms with van der Waals surface area (Å²) in [6.07, 6.45) is 7.94. The summed E-state index contributed by atoms with van der Waals surface area (Å²) >= 11 is 2.05. The van der Waals surface area contributed by atoms with Crippen LogP contribution in [-0.4, -0.2) is 23.6 Å². The van der Waals surface area contributed by atoms with Gasteiger partial charge in [0, 0.05) is 17.3 Å². The van der Waals surface area contributed by atoms with Crippen molar-refractivity contribution < 1.29 is 0 Å². The second kappa shape index (κ2) is 4.01. The zero-order valence-electron chi connectivity index (χ0n) is 6.88. The SMILES string of the molecule is CSC1CC2CCC(C1)N2.Cl. The van der Waals surface area contributed by atoms with Crippen LogP contribution in [0.1, 0.15) is 25.7 Å². The first-order chi connectivity index (χ1) is 4.88. The van der Waals surface area contributed by atoms with Crippen molar-refractivity contribution in [3.05, 3.63) is 0 Å². The van der Waals surface area contributed by atoms with Gasteiger partial charge in [-0.25, -0.2) is 0 Å². The fourth-order valence-corrected chi connectivity index (χ4v) is 3.05. The molecule has 66 valence electrons. The Hall–Kier alpha value is 0.600. The van der Waals surface area contributed by atoms with E-state index in [0.29, 0.717) is 0 Å². The third-order valence-corrected chi connectivity index (χ3v) is 3.81. The highest BCUT2D eigenvalue weighted by Gasteiger charge is 2.32. The van der Waals surface area contributed by atoms with Gasteiger partial charge in [0.25, 0.3) is 0 Å². The lowest BCUT2D eigenvalue weighted by molar-refractivity contribution is 0.415. The molecule has 0 aromatic heterocycles. The van der Waals surface area contributed by atoms with Gasteiger partial charge < -0.3 is 5.32 Å². The number of hydrogen-bond donors (Lipinski definition) is 1. The zero-order valence-corrected chi connectivity index (χ0v) is 8.51. The maximum absolute atomic E-state index is 3.64. The molecule has 0 amide bonds. The number of fused-ring (bicyclic) bond motifs is 2. The molecule has 0 radical (unpaired) electrons. The van der Waals surface area contributed by atoms with E-state index < -0.39 is 0 Å². The Labute approximate surface area is 79.1 Å². The van der Waals surface area contributed by atoms with Crippen molar-refractivity contribution in [2.75, 3.05) is 6.26 Å². The van der Waals surface area contributed by atoms with Crippen molar-refractivity contribution >= 4 is 24.2 Å². The number of nitrogens with one attached hydrogen (secondary N) is 1. The van der Waals surface area contributed by atoms with Crippen molar-refractivity contribution in [3.63, 3.8) is 0 Å². The number of thioether (sulfide) groups is 1. The summed E-state index contributed by atoms with van der Waals surface area (Å²) in [6.45, 7) is 0. The van der Waals surface area contributed by atoms with Gasteiger partial charge in [0.1, 0.15) is 0 Å². The maximum Gasteiger partial charge on any atom is 0.00807 e. The standard InChI is InChI=1S/C8H15NS.ClH/c1-10-8-4-6-2-3-7(5-8)9-6;/h6-9H,2-5H2,1H3;1H. The first-order valence-corrected chi connectivity index (χ1v) is 5.46. The normalized spacial score (nSPS) is 41.7. The fourth-order valence-electron chi connectivity index (χ4n) is 2.20. The van der Waals surface area contributed by atoms with Crippen LogP contribution in [0.4, 0.5) is 0 Å². The Morgan fingerprint density at radius 2 is 1.73 bits per heavy atom. The van der Waals surface area contributed by atoms with Crippen molar-refractivity contribution in [2.45, 2.75) is 43.0 Å². The Balaban J connectivity index is 0.000000605. The van der Waals surface area contributed by atoms with Gasteiger partial charge in [0.2, 0.25) is 0 Å². The highest BCUT2D eigenvalue weighted by atomic mass is 35.5. The van der Waals surface area contributed by atoms with E-state index >= 15 is 0 Å². The molecule has 0 spiro atoms. The van der Waals surface area contributed by atoms with E-state index in [-0.39, 0.29) is 12.4 Å². The molecule has 0 saturated carbocycles. The summed E-state index contributed by atoms with van der Waals surface area (Å²) in [6, 6.07) is 1.74. The summed E-state index contributed by atoms with van der Waals surface area (Å²) in [5.74, 6) is 0. The third kappa shape index (κ3) is 2.04. The van der Waals surface area contributed by atoms with Gasteiger partial charge in [-0.05, 0) is 31.9 Å². The molecule has 2 heterocycles. The quantitative estimate of drug-likeness (QED) is 0.685. The van der Waals surface area contributed by atoms with Gasteiger partial charge in [-0.1, -0.05) is 0 Å². The molecule has 2 aliphatic rings. The van der Waals surface area contributed by atoms with Crippen LogP contribution in [0.3, 0.4) is 0 Å². The lowest BCUT2D eigenvalue weighted by Crippen LogP contribution is -2.39. The van der Waals surface area contributed by atoms with Gasteiger partial charge in [-0.2, -0.15) is 11.8 Å². The van der Waals surface area contributed by atoms with Gasteiger partial charge in [-0.3, -0.25) is 0 Å². The van der Waals surface area contributed by atoms with Crippen molar-refractivity contribution in [3.8, 4) is 0 Å². The molecule has 3 heteroatoms. The Morgan fingerprint density at radius 1 is 1.18 bits per heavy atom. The molecular formula is C8H16ClNS. The highest BCUT2D eigenvalue weighted by Crippen LogP contribution is 2.32. The van der Waals surface area contributed by atoms with Crippen LogP contribution in [0.15, 0.2) is 0 Å². The van der Waals surface area contributed by atoms with Gasteiger partial charge in [0.15, 0.2) is 0 Å². The average Bonchev–Trinajstić information content (AvgIpc) is 2.30. The predicted octanol–water partition coefficient (Wildman–Crippen LogP) is 2.05. The molecule has 2 unspecified atom stereocenters. The van der Waals surface area contributed by atoms with Crippen LogP contribution < -0.4 is 5.32 Å². The second-order valence-electron chi connectivity index (χ2n) is 3.47. The van der Waals surface area contributed by atoms with E-state index in [9.17, 15) is 0 Å². The number of halogens is 1. The van der Waals surface area contributed by atoms with E-state index in [1.54, 1.807) is 0 Å². The summed E-state index contributed by atoms with van der Waals surface area (Å²) in [5.41, 5.74) is 0. The summed E-state index contributed by atoms with van der Waals surface area (Å²) in [7, 11) is 0. The van der Waals surface area contributed by atoms with Crippen LogP contribution in [0, 0.1) is 0 Å². The lowest BCUT2D eigenvalue weighted by Gasteiger charge is -2.27. The number of rotatable bonds is 1. The Morgan fingerprint density at radius 3 is 2.18 bits per heavy atom. The maximum atomic E-state index is 3.64. The largest absolute Gasteiger partial charge is 0.311 e. The van der Waals surface area contributed by atoms with E-state index in [4.69, 9.17) is 0 Å². The Kier molecular flexibility index (Phi) is 3.53. The summed E-state index contributed by atoms with van der Waals surface area (Å²) in [5, 5.41) is 4.60. The van der Waals surface area contributed by atoms with Crippen LogP contribution in [0.5, 0.6) is 0 Å². The van der Waals surface area contributed by atoms with Gasteiger partial charge >= 0.3 is 0 Å². The molecule has 2 aliphatic heterocycles. The first kappa shape index (κ1) is 9.69. The zero-order chi connectivity index (χ0) is 6.97. The number of piperidine rings is 1. The molecule has 2 saturated heterocycles. The molecule has 2 bridgehead atoms.